The first-order valence-electron chi connectivity index (χ1n) is 6.30. The lowest BCUT2D eigenvalue weighted by molar-refractivity contribution is 0.627. The standard InChI is InChI=1S/C16H17FN2S/c1-10-3-4-11(2)15(7-10)20-9-12-5-6-13(17)8-14(12)16(18)19/h3-8H,9H2,1-2H3,(H3,18,19). The number of aryl methyl sites for hydroxylation is 2. The summed E-state index contributed by atoms with van der Waals surface area (Å²) in [7, 11) is 0. The topological polar surface area (TPSA) is 49.9 Å². The predicted octanol–water partition coefficient (Wildman–Crippen LogP) is 4.02. The molecule has 2 rings (SSSR count). The fraction of sp³-hybridized carbons (Fsp3) is 0.188. The van der Waals surface area contributed by atoms with Gasteiger partial charge in [0.2, 0.25) is 0 Å². The molecule has 104 valence electrons. The Labute approximate surface area is 122 Å². The van der Waals surface area contributed by atoms with Crippen LogP contribution in [0.5, 0.6) is 0 Å². The second-order valence-electron chi connectivity index (χ2n) is 4.77. The molecule has 0 aliphatic carbocycles. The van der Waals surface area contributed by atoms with E-state index in [0.29, 0.717) is 11.3 Å². The van der Waals surface area contributed by atoms with E-state index in [1.807, 2.05) is 0 Å². The highest BCUT2D eigenvalue weighted by atomic mass is 32.2. The molecular weight excluding hydrogens is 271 g/mol. The first kappa shape index (κ1) is 14.6. The number of thioether (sulfide) groups is 1. The number of nitrogens with one attached hydrogen (secondary N) is 1. The molecule has 2 nitrogen and oxygen atoms in total. The molecule has 0 unspecified atom stereocenters. The normalized spacial score (nSPS) is 10.6. The minimum atomic E-state index is -0.365. The second-order valence-corrected chi connectivity index (χ2v) is 5.79. The molecule has 0 atom stereocenters. The van der Waals surface area contributed by atoms with Crippen molar-refractivity contribution in [3.63, 3.8) is 0 Å². The van der Waals surface area contributed by atoms with Gasteiger partial charge >= 0.3 is 0 Å². The van der Waals surface area contributed by atoms with E-state index in [9.17, 15) is 4.39 Å². The van der Waals surface area contributed by atoms with E-state index in [1.54, 1.807) is 17.8 Å². The molecule has 20 heavy (non-hydrogen) atoms. The van der Waals surface area contributed by atoms with Crippen LogP contribution in [0.4, 0.5) is 4.39 Å². The summed E-state index contributed by atoms with van der Waals surface area (Å²) >= 11 is 1.68. The van der Waals surface area contributed by atoms with Gasteiger partial charge in [-0.25, -0.2) is 4.39 Å². The molecular formula is C16H17FN2S. The maximum absolute atomic E-state index is 13.2. The van der Waals surface area contributed by atoms with Gasteiger partial charge in [-0.3, -0.25) is 5.41 Å². The molecule has 0 spiro atoms. The van der Waals surface area contributed by atoms with Gasteiger partial charge in [0, 0.05) is 16.2 Å². The largest absolute Gasteiger partial charge is 0.384 e. The van der Waals surface area contributed by atoms with Gasteiger partial charge in [-0.1, -0.05) is 23.8 Å². The highest BCUT2D eigenvalue weighted by Gasteiger charge is 2.08. The highest BCUT2D eigenvalue weighted by Crippen LogP contribution is 2.28. The number of hydrogen-bond donors (Lipinski definition) is 2. The van der Waals surface area contributed by atoms with Gasteiger partial charge in [0.1, 0.15) is 11.7 Å². The predicted molar refractivity (Wildman–Crippen MR) is 82.9 cm³/mol. The number of nitrogen functional groups attached to an aromatic ring is 1. The molecule has 0 fully saturated rings. The lowest BCUT2D eigenvalue weighted by atomic mass is 10.1. The van der Waals surface area contributed by atoms with Crippen LogP contribution in [-0.2, 0) is 5.75 Å². The summed E-state index contributed by atoms with van der Waals surface area (Å²) in [5, 5.41) is 7.53. The first-order valence-corrected chi connectivity index (χ1v) is 7.29. The van der Waals surface area contributed by atoms with Crippen molar-refractivity contribution in [1.82, 2.24) is 0 Å². The summed E-state index contributed by atoms with van der Waals surface area (Å²) in [6, 6.07) is 10.7. The Balaban J connectivity index is 2.23. The van der Waals surface area contributed by atoms with Crippen molar-refractivity contribution in [3.05, 3.63) is 64.5 Å². The molecule has 0 saturated carbocycles. The van der Waals surface area contributed by atoms with Crippen LogP contribution in [0.3, 0.4) is 0 Å². The van der Waals surface area contributed by atoms with Gasteiger partial charge in [0.15, 0.2) is 0 Å². The van der Waals surface area contributed by atoms with E-state index in [0.717, 1.165) is 5.56 Å². The third kappa shape index (κ3) is 3.39. The molecule has 0 aliphatic rings. The van der Waals surface area contributed by atoms with E-state index >= 15 is 0 Å². The van der Waals surface area contributed by atoms with Crippen LogP contribution in [-0.4, -0.2) is 5.84 Å². The van der Waals surface area contributed by atoms with Gasteiger partial charge in [0.05, 0.1) is 0 Å². The number of hydrogen-bond acceptors (Lipinski definition) is 2. The second kappa shape index (κ2) is 6.09. The Morgan fingerprint density at radius 2 is 1.95 bits per heavy atom. The number of nitrogens with two attached hydrogens (primary N) is 1. The fourth-order valence-corrected chi connectivity index (χ4v) is 3.07. The molecule has 0 bridgehead atoms. The summed E-state index contributed by atoms with van der Waals surface area (Å²) in [4.78, 5) is 1.20. The van der Waals surface area contributed by atoms with E-state index in [1.165, 1.54) is 28.2 Å². The van der Waals surface area contributed by atoms with E-state index in [2.05, 4.69) is 32.0 Å². The van der Waals surface area contributed by atoms with Gasteiger partial charge < -0.3 is 5.73 Å². The Hall–Kier alpha value is -1.81. The Kier molecular flexibility index (Phi) is 4.45. The minimum absolute atomic E-state index is 0.0962. The summed E-state index contributed by atoms with van der Waals surface area (Å²) in [5.41, 5.74) is 9.29. The van der Waals surface area contributed by atoms with Crippen molar-refractivity contribution in [1.29, 1.82) is 5.41 Å². The highest BCUT2D eigenvalue weighted by molar-refractivity contribution is 7.98. The molecule has 0 radical (unpaired) electrons. The zero-order chi connectivity index (χ0) is 14.7. The average Bonchev–Trinajstić information content (AvgIpc) is 2.40. The lowest BCUT2D eigenvalue weighted by Crippen LogP contribution is -2.13. The van der Waals surface area contributed by atoms with E-state index in [4.69, 9.17) is 11.1 Å². The van der Waals surface area contributed by atoms with Crippen molar-refractivity contribution in [2.45, 2.75) is 24.5 Å². The molecule has 2 aromatic carbocycles. The Bertz CT molecular complexity index is 653. The van der Waals surface area contributed by atoms with E-state index < -0.39 is 0 Å². The molecule has 0 heterocycles. The quantitative estimate of drug-likeness (QED) is 0.507. The molecule has 0 amide bonds. The lowest BCUT2D eigenvalue weighted by Gasteiger charge is -2.10. The number of rotatable bonds is 4. The van der Waals surface area contributed by atoms with Crippen molar-refractivity contribution in [2.24, 2.45) is 5.73 Å². The van der Waals surface area contributed by atoms with Crippen LogP contribution in [0.1, 0.15) is 22.3 Å². The van der Waals surface area contributed by atoms with Crippen molar-refractivity contribution in [2.75, 3.05) is 0 Å². The molecule has 4 heteroatoms. The number of halogens is 1. The smallest absolute Gasteiger partial charge is 0.123 e. The van der Waals surface area contributed by atoms with Gasteiger partial charge in [-0.05, 0) is 43.2 Å². The summed E-state index contributed by atoms with van der Waals surface area (Å²) in [6.07, 6.45) is 0. The van der Waals surface area contributed by atoms with Crippen LogP contribution in [0.2, 0.25) is 0 Å². The van der Waals surface area contributed by atoms with Crippen LogP contribution < -0.4 is 5.73 Å². The SMILES string of the molecule is Cc1ccc(C)c(SCc2ccc(F)cc2C(=N)N)c1. The molecule has 3 N–H and O–H groups in total. The van der Waals surface area contributed by atoms with Crippen LogP contribution in [0, 0.1) is 25.1 Å². The summed E-state index contributed by atoms with van der Waals surface area (Å²) < 4.78 is 13.2. The third-order valence-corrected chi connectivity index (χ3v) is 4.30. The average molecular weight is 288 g/mol. The van der Waals surface area contributed by atoms with Crippen LogP contribution in [0.15, 0.2) is 41.3 Å². The maximum atomic E-state index is 13.2. The van der Waals surface area contributed by atoms with Crippen LogP contribution in [0.25, 0.3) is 0 Å². The van der Waals surface area contributed by atoms with Gasteiger partial charge in [-0.15, -0.1) is 11.8 Å². The monoisotopic (exact) mass is 288 g/mol. The van der Waals surface area contributed by atoms with Crippen molar-refractivity contribution >= 4 is 17.6 Å². The maximum Gasteiger partial charge on any atom is 0.123 e. The molecule has 0 saturated heterocycles. The van der Waals surface area contributed by atoms with Crippen molar-refractivity contribution < 1.29 is 4.39 Å². The minimum Gasteiger partial charge on any atom is -0.384 e. The first-order chi connectivity index (χ1) is 9.47. The molecule has 0 aromatic heterocycles. The summed E-state index contributed by atoms with van der Waals surface area (Å²) in [5.74, 6) is 0.205. The van der Waals surface area contributed by atoms with Crippen molar-refractivity contribution in [3.8, 4) is 0 Å². The third-order valence-electron chi connectivity index (χ3n) is 3.09. The van der Waals surface area contributed by atoms with Gasteiger partial charge in [0.25, 0.3) is 0 Å². The Morgan fingerprint density at radius 1 is 1.20 bits per heavy atom. The zero-order valence-corrected chi connectivity index (χ0v) is 12.4. The Morgan fingerprint density at radius 3 is 2.65 bits per heavy atom. The van der Waals surface area contributed by atoms with Gasteiger partial charge in [-0.2, -0.15) is 0 Å². The summed E-state index contributed by atoms with van der Waals surface area (Å²) in [6.45, 7) is 4.13. The molecule has 0 aliphatic heterocycles. The fourth-order valence-electron chi connectivity index (χ4n) is 1.94. The number of benzene rings is 2. The zero-order valence-electron chi connectivity index (χ0n) is 11.5. The van der Waals surface area contributed by atoms with E-state index in [-0.39, 0.29) is 11.7 Å². The molecule has 2 aromatic rings. The van der Waals surface area contributed by atoms with Crippen LogP contribution >= 0.6 is 11.8 Å². The number of amidine groups is 1.